The molecule has 0 N–H and O–H groups in total. The normalized spacial score (nSPS) is 13.3. The van der Waals surface area contributed by atoms with E-state index in [9.17, 15) is 4.79 Å². The van der Waals surface area contributed by atoms with Crippen molar-refractivity contribution in [1.29, 1.82) is 0 Å². The van der Waals surface area contributed by atoms with Crippen molar-refractivity contribution in [2.45, 2.75) is 6.10 Å². The molecule has 0 saturated heterocycles. The summed E-state index contributed by atoms with van der Waals surface area (Å²) in [6.07, 6.45) is -4.87. The van der Waals surface area contributed by atoms with Crippen LogP contribution in [-0.2, 0) is 37.7 Å². The van der Waals surface area contributed by atoms with Crippen LogP contribution < -0.4 is 9.26 Å². The number of carbonyl (C=O) groups is 1. The van der Waals surface area contributed by atoms with E-state index in [0.29, 0.717) is 17.1 Å². The third-order valence-corrected chi connectivity index (χ3v) is 4.42. The Kier molecular flexibility index (Phi) is 7.24. The zero-order valence-electron chi connectivity index (χ0n) is 14.1. The van der Waals surface area contributed by atoms with Gasteiger partial charge < -0.3 is 18.5 Å². The van der Waals surface area contributed by atoms with E-state index in [2.05, 4.69) is 0 Å². The molecule has 1 aromatic carbocycles. The highest BCUT2D eigenvalue weighted by atomic mass is 32.4. The lowest BCUT2D eigenvalue weighted by Crippen LogP contribution is -2.16. The minimum Gasteiger partial charge on any atom is -0.493 e. The average molecular weight is 396 g/mol. The molecule has 0 heterocycles. The Bertz CT molecular complexity index is 665. The molecule has 1 rings (SSSR count). The van der Waals surface area contributed by atoms with E-state index in [1.165, 1.54) is 14.2 Å². The van der Waals surface area contributed by atoms with Gasteiger partial charge in [0.2, 0.25) is 0 Å². The first kappa shape index (κ1) is 20.6. The van der Waals surface area contributed by atoms with Crippen LogP contribution in [0.15, 0.2) is 18.2 Å². The predicted molar refractivity (Wildman–Crippen MR) is 102 cm³/mol. The van der Waals surface area contributed by atoms with Gasteiger partial charge in [0, 0.05) is 0 Å². The number of hydrogen-bond acceptors (Lipinski definition) is 7. The van der Waals surface area contributed by atoms with Gasteiger partial charge in [-0.3, -0.25) is 0 Å². The smallest absolute Gasteiger partial charge is 0.340 e. The van der Waals surface area contributed by atoms with Gasteiger partial charge in [-0.05, 0) is 44.4 Å². The van der Waals surface area contributed by atoms with Crippen molar-refractivity contribution in [2.24, 2.45) is 0 Å². The number of rotatable bonds is 7. The molecule has 0 aliphatic carbocycles. The maximum Gasteiger partial charge on any atom is 0.340 e. The van der Waals surface area contributed by atoms with E-state index in [1.54, 1.807) is 31.5 Å². The van der Waals surface area contributed by atoms with Crippen molar-refractivity contribution in [1.82, 2.24) is 0 Å². The van der Waals surface area contributed by atoms with E-state index in [1.807, 2.05) is 13.3 Å². The van der Waals surface area contributed by atoms with Gasteiger partial charge in [-0.1, -0.05) is 29.7 Å². The Morgan fingerprint density at radius 3 is 2.09 bits per heavy atom. The minimum atomic E-state index is -2.07. The van der Waals surface area contributed by atoms with Crippen LogP contribution in [0.4, 0.5) is 0 Å². The highest BCUT2D eigenvalue weighted by Gasteiger charge is 2.27. The summed E-state index contributed by atoms with van der Waals surface area (Å²) < 4.78 is 21.7. The molecule has 0 saturated carbocycles. The van der Waals surface area contributed by atoms with E-state index in [-0.39, 0.29) is 0 Å². The zero-order valence-corrected chi connectivity index (χ0v) is 17.5. The molecular weight excluding hydrogens is 374 g/mol. The summed E-state index contributed by atoms with van der Waals surface area (Å²) in [7, 11) is 2.84. The third-order valence-electron chi connectivity index (χ3n) is 2.58. The van der Waals surface area contributed by atoms with Gasteiger partial charge in [0.25, 0.3) is 0 Å². The number of benzene rings is 1. The van der Waals surface area contributed by atoms with Gasteiger partial charge >= 0.3 is 5.97 Å². The molecule has 1 unspecified atom stereocenters. The van der Waals surface area contributed by atoms with Crippen molar-refractivity contribution in [3.05, 3.63) is 23.8 Å². The maximum atomic E-state index is 12.0. The summed E-state index contributed by atoms with van der Waals surface area (Å²) in [6, 6.07) is 5.14. The lowest BCUT2D eigenvalue weighted by Gasteiger charge is -2.22. The second kappa shape index (κ2) is 8.09. The second-order valence-corrected chi connectivity index (χ2v) is 16.2. The Labute approximate surface area is 147 Å². The molecule has 0 fully saturated rings. The fraction of sp³-hybridized carbons (Fsp3) is 0.500. The largest absolute Gasteiger partial charge is 0.493 e. The summed E-state index contributed by atoms with van der Waals surface area (Å²) in [5.74, 6) is 0.522. The highest BCUT2D eigenvalue weighted by Crippen LogP contribution is 2.47. The van der Waals surface area contributed by atoms with Crippen LogP contribution in [0.2, 0.25) is 0 Å². The first-order valence-corrected chi connectivity index (χ1v) is 13.9. The molecule has 0 aliphatic rings. The van der Waals surface area contributed by atoms with Crippen molar-refractivity contribution < 1.29 is 23.3 Å². The Morgan fingerprint density at radius 2 is 1.65 bits per heavy atom. The van der Waals surface area contributed by atoms with Crippen molar-refractivity contribution >= 4 is 42.1 Å². The lowest BCUT2D eigenvalue weighted by molar-refractivity contribution is -0.148. The Morgan fingerprint density at radius 1 is 1.04 bits per heavy atom. The van der Waals surface area contributed by atoms with Crippen LogP contribution in [0.3, 0.4) is 0 Å². The van der Waals surface area contributed by atoms with Crippen molar-refractivity contribution in [2.75, 3.05) is 40.9 Å². The number of hydrogen-bond donors (Lipinski definition) is 0. The highest BCUT2D eigenvalue weighted by molar-refractivity contribution is 8.12. The number of esters is 1. The van der Waals surface area contributed by atoms with Gasteiger partial charge in [-0.2, -0.15) is 0 Å². The van der Waals surface area contributed by atoms with Crippen molar-refractivity contribution in [3.63, 3.8) is 0 Å². The summed E-state index contributed by atoms with van der Waals surface area (Å²) in [5, 5.41) is 0. The van der Waals surface area contributed by atoms with Crippen LogP contribution >= 0.6 is 12.5 Å². The number of ether oxygens (including phenoxy) is 2. The summed E-state index contributed by atoms with van der Waals surface area (Å²) in [5.41, 5.74) is 0.597. The molecule has 0 amide bonds. The molecule has 9 heteroatoms. The quantitative estimate of drug-likeness (QED) is 0.515. The molecule has 5 nitrogen and oxygen atoms in total. The van der Waals surface area contributed by atoms with Gasteiger partial charge in [-0.15, -0.1) is 0 Å². The molecule has 130 valence electrons. The van der Waals surface area contributed by atoms with E-state index in [4.69, 9.17) is 42.1 Å². The second-order valence-electron chi connectivity index (χ2n) is 5.51. The topological polar surface area (TPSA) is 54.0 Å². The van der Waals surface area contributed by atoms with Gasteiger partial charge in [0.05, 0.1) is 20.5 Å². The van der Waals surface area contributed by atoms with Crippen LogP contribution in [0.25, 0.3) is 0 Å². The third kappa shape index (κ3) is 6.90. The van der Waals surface area contributed by atoms with Crippen LogP contribution in [0.1, 0.15) is 11.7 Å². The minimum absolute atomic E-state index is 0.485. The molecule has 1 atom stereocenters. The number of methoxy groups -OCH3 is 2. The molecule has 1 aromatic rings. The predicted octanol–water partition coefficient (Wildman–Crippen LogP) is 3.61. The van der Waals surface area contributed by atoms with Crippen molar-refractivity contribution in [3.8, 4) is 11.5 Å². The van der Waals surface area contributed by atoms with Gasteiger partial charge in [0.15, 0.2) is 17.6 Å². The molecule has 23 heavy (non-hydrogen) atoms. The zero-order chi connectivity index (χ0) is 17.8. The summed E-state index contributed by atoms with van der Waals surface area (Å²) in [6.45, 7) is 7.36. The molecular formula is C14H22O5P2S2. The summed E-state index contributed by atoms with van der Waals surface area (Å²) >= 11 is 10.6. The number of carbonyl (C=O) groups excluding carboxylic acids is 1. The van der Waals surface area contributed by atoms with Gasteiger partial charge in [0.1, 0.15) is 6.26 Å². The molecule has 0 bridgehead atoms. The monoisotopic (exact) mass is 396 g/mol. The van der Waals surface area contributed by atoms with Crippen LogP contribution in [0.5, 0.6) is 11.5 Å². The first-order valence-electron chi connectivity index (χ1n) is 6.70. The fourth-order valence-electron chi connectivity index (χ4n) is 1.76. The maximum absolute atomic E-state index is 12.0. The van der Waals surface area contributed by atoms with Crippen LogP contribution in [-0.4, -0.2) is 46.8 Å². The molecule has 0 aliphatic heterocycles. The van der Waals surface area contributed by atoms with Gasteiger partial charge in [-0.25, -0.2) is 4.79 Å². The Hall–Kier alpha value is -0.450. The van der Waals surface area contributed by atoms with E-state index >= 15 is 0 Å². The van der Waals surface area contributed by atoms with E-state index in [0.717, 1.165) is 0 Å². The SMILES string of the molecule is COC(=O)C(OP(C)(C)=S)c1ccc(OP(C)(C)=S)c(OC)c1. The lowest BCUT2D eigenvalue weighted by atomic mass is 10.1. The molecule has 0 radical (unpaired) electrons. The first-order chi connectivity index (χ1) is 10.5. The van der Waals surface area contributed by atoms with Crippen LogP contribution in [0, 0.1) is 0 Å². The molecule has 0 aromatic heterocycles. The average Bonchev–Trinajstić information content (AvgIpc) is 2.42. The fourth-order valence-corrected chi connectivity index (χ4v) is 3.60. The van der Waals surface area contributed by atoms with E-state index < -0.39 is 24.6 Å². The Balaban J connectivity index is 3.26. The standard InChI is InChI=1S/C14H22O5P2S2/c1-16-12-9-10(7-8-11(12)18-20(3,4)22)13(14(15)17-2)19-21(5,6)23/h7-9,13H,1-6H3. The molecule has 0 spiro atoms. The summed E-state index contributed by atoms with van der Waals surface area (Å²) in [4.78, 5) is 12.0.